The van der Waals surface area contributed by atoms with Crippen molar-refractivity contribution in [3.63, 3.8) is 0 Å². The molecule has 0 spiro atoms. The molecule has 0 fully saturated rings. The third kappa shape index (κ3) is 3.31. The number of amides is 1. The van der Waals surface area contributed by atoms with E-state index < -0.39 is 47.8 Å². The molecular formula is C19H12BrNO7. The number of halogens is 1. The van der Waals surface area contributed by atoms with Crippen LogP contribution in [-0.4, -0.2) is 39.6 Å². The quantitative estimate of drug-likeness (QED) is 0.548. The van der Waals surface area contributed by atoms with E-state index in [9.17, 15) is 29.1 Å². The molecule has 0 atom stereocenters. The summed E-state index contributed by atoms with van der Waals surface area (Å²) in [4.78, 5) is 60.4. The standard InChI is InChI=1S/C19H12BrNO7/c20-11-7-10(19(27)28)16(21-12(22)5-6-13(23)24)15-14(11)17(25)8-3-1-2-4-9(8)18(15)26/h1-4,7H,5-6H2,(H,21,22)(H,23,24)(H,27,28). The molecule has 0 bridgehead atoms. The van der Waals surface area contributed by atoms with Gasteiger partial charge in [-0.2, -0.15) is 0 Å². The molecular weight excluding hydrogens is 434 g/mol. The predicted octanol–water partition coefficient (Wildman–Crippen LogP) is 2.73. The van der Waals surface area contributed by atoms with Gasteiger partial charge in [0.2, 0.25) is 5.91 Å². The molecule has 3 N–H and O–H groups in total. The first-order chi connectivity index (χ1) is 13.2. The third-order valence-electron chi connectivity index (χ3n) is 4.21. The Morgan fingerprint density at radius 3 is 2.04 bits per heavy atom. The van der Waals surface area contributed by atoms with Crippen molar-refractivity contribution < 1.29 is 34.2 Å². The van der Waals surface area contributed by atoms with E-state index in [0.29, 0.717) is 0 Å². The highest BCUT2D eigenvalue weighted by Crippen LogP contribution is 2.38. The van der Waals surface area contributed by atoms with E-state index in [1.54, 1.807) is 12.1 Å². The molecule has 1 amide bonds. The molecule has 1 aliphatic carbocycles. The highest BCUT2D eigenvalue weighted by atomic mass is 79.9. The summed E-state index contributed by atoms with van der Waals surface area (Å²) in [5.41, 5.74) is -0.743. The SMILES string of the molecule is O=C(O)CCC(=O)Nc1c(C(=O)O)cc(Br)c2c1C(=O)c1ccccc1C2=O. The summed E-state index contributed by atoms with van der Waals surface area (Å²) < 4.78 is 0.108. The van der Waals surface area contributed by atoms with Crippen LogP contribution in [0.5, 0.6) is 0 Å². The number of carbonyl (C=O) groups is 5. The number of fused-ring (bicyclic) bond motifs is 2. The maximum Gasteiger partial charge on any atom is 0.337 e. The van der Waals surface area contributed by atoms with Gasteiger partial charge in [0.05, 0.1) is 28.8 Å². The zero-order valence-electron chi connectivity index (χ0n) is 14.1. The molecule has 0 heterocycles. The van der Waals surface area contributed by atoms with E-state index in [-0.39, 0.29) is 32.4 Å². The zero-order chi connectivity index (χ0) is 20.6. The number of carbonyl (C=O) groups excluding carboxylic acids is 3. The molecule has 142 valence electrons. The van der Waals surface area contributed by atoms with E-state index in [2.05, 4.69) is 21.2 Å². The molecule has 0 saturated heterocycles. The molecule has 0 unspecified atom stereocenters. The first-order valence-electron chi connectivity index (χ1n) is 8.02. The molecule has 9 heteroatoms. The molecule has 2 aromatic carbocycles. The van der Waals surface area contributed by atoms with Gasteiger partial charge in [0.1, 0.15) is 0 Å². The average molecular weight is 446 g/mol. The molecule has 0 aromatic heterocycles. The Balaban J connectivity index is 2.20. The van der Waals surface area contributed by atoms with Crippen LogP contribution < -0.4 is 5.32 Å². The lowest BCUT2D eigenvalue weighted by molar-refractivity contribution is -0.138. The number of aliphatic carboxylic acids is 1. The monoisotopic (exact) mass is 445 g/mol. The second-order valence-corrected chi connectivity index (χ2v) is 6.84. The maximum absolute atomic E-state index is 13.0. The van der Waals surface area contributed by atoms with Crippen molar-refractivity contribution in [2.45, 2.75) is 12.8 Å². The predicted molar refractivity (Wildman–Crippen MR) is 99.9 cm³/mol. The lowest BCUT2D eigenvalue weighted by Crippen LogP contribution is -2.26. The van der Waals surface area contributed by atoms with Crippen molar-refractivity contribution in [1.29, 1.82) is 0 Å². The summed E-state index contributed by atoms with van der Waals surface area (Å²) in [6.07, 6.45) is -0.888. The van der Waals surface area contributed by atoms with E-state index in [4.69, 9.17) is 5.11 Å². The van der Waals surface area contributed by atoms with Crippen LogP contribution in [0, 0.1) is 0 Å². The summed E-state index contributed by atoms with van der Waals surface area (Å²) in [5, 5.41) is 20.5. The Bertz CT molecular complexity index is 1070. The van der Waals surface area contributed by atoms with Crippen LogP contribution in [0.1, 0.15) is 55.0 Å². The van der Waals surface area contributed by atoms with Gasteiger partial charge in [-0.15, -0.1) is 0 Å². The number of carboxylic acid groups (broad SMARTS) is 2. The first kappa shape index (κ1) is 19.4. The normalized spacial score (nSPS) is 12.2. The highest BCUT2D eigenvalue weighted by molar-refractivity contribution is 9.10. The van der Waals surface area contributed by atoms with Crippen LogP contribution in [0.15, 0.2) is 34.8 Å². The van der Waals surface area contributed by atoms with Crippen LogP contribution in [0.3, 0.4) is 0 Å². The number of aromatic carboxylic acids is 1. The minimum atomic E-state index is -1.42. The highest BCUT2D eigenvalue weighted by Gasteiger charge is 2.36. The van der Waals surface area contributed by atoms with Crippen molar-refractivity contribution in [3.05, 3.63) is 62.6 Å². The van der Waals surface area contributed by atoms with Crippen LogP contribution in [0.4, 0.5) is 5.69 Å². The number of hydrogen-bond donors (Lipinski definition) is 3. The van der Waals surface area contributed by atoms with Crippen LogP contribution >= 0.6 is 15.9 Å². The Morgan fingerprint density at radius 2 is 1.50 bits per heavy atom. The molecule has 8 nitrogen and oxygen atoms in total. The maximum atomic E-state index is 13.0. The van der Waals surface area contributed by atoms with Gasteiger partial charge in [0.15, 0.2) is 11.6 Å². The van der Waals surface area contributed by atoms with Crippen LogP contribution in [0.25, 0.3) is 0 Å². The lowest BCUT2D eigenvalue weighted by atomic mass is 9.82. The molecule has 0 saturated carbocycles. The second kappa shape index (κ2) is 7.35. The molecule has 3 rings (SSSR count). The number of rotatable bonds is 5. The van der Waals surface area contributed by atoms with E-state index >= 15 is 0 Å². The Labute approximate surface area is 166 Å². The molecule has 0 radical (unpaired) electrons. The fourth-order valence-electron chi connectivity index (χ4n) is 2.97. The fraction of sp³-hybridized carbons (Fsp3) is 0.105. The van der Waals surface area contributed by atoms with E-state index in [1.807, 2.05) is 0 Å². The summed E-state index contributed by atoms with van der Waals surface area (Å²) in [5.74, 6) is -4.51. The minimum absolute atomic E-state index is 0.0535. The third-order valence-corrected chi connectivity index (χ3v) is 4.84. The van der Waals surface area contributed by atoms with Gasteiger partial charge < -0.3 is 15.5 Å². The summed E-state index contributed by atoms with van der Waals surface area (Å²) in [6, 6.07) is 7.23. The average Bonchev–Trinajstić information content (AvgIpc) is 2.65. The van der Waals surface area contributed by atoms with Crippen molar-refractivity contribution >= 4 is 51.0 Å². The van der Waals surface area contributed by atoms with Crippen LogP contribution in [0.2, 0.25) is 0 Å². The summed E-state index contributed by atoms with van der Waals surface area (Å²) in [6.45, 7) is 0. The van der Waals surface area contributed by atoms with E-state index in [0.717, 1.165) is 6.07 Å². The number of benzene rings is 2. The van der Waals surface area contributed by atoms with Gasteiger partial charge in [0, 0.05) is 22.0 Å². The van der Waals surface area contributed by atoms with Crippen molar-refractivity contribution in [1.82, 2.24) is 0 Å². The largest absolute Gasteiger partial charge is 0.481 e. The smallest absolute Gasteiger partial charge is 0.337 e. The van der Waals surface area contributed by atoms with Gasteiger partial charge >= 0.3 is 11.9 Å². The first-order valence-corrected chi connectivity index (χ1v) is 8.81. The lowest BCUT2D eigenvalue weighted by Gasteiger charge is -2.23. The second-order valence-electron chi connectivity index (χ2n) is 5.98. The van der Waals surface area contributed by atoms with Gasteiger partial charge in [0.25, 0.3) is 0 Å². The summed E-state index contributed by atoms with van der Waals surface area (Å²) in [7, 11) is 0. The topological polar surface area (TPSA) is 138 Å². The Kier molecular flexibility index (Phi) is 5.10. The number of hydrogen-bond acceptors (Lipinski definition) is 5. The van der Waals surface area contributed by atoms with Crippen molar-refractivity contribution in [3.8, 4) is 0 Å². The molecule has 0 aliphatic heterocycles. The Hall–Kier alpha value is -3.33. The fourth-order valence-corrected chi connectivity index (χ4v) is 3.58. The van der Waals surface area contributed by atoms with Crippen LogP contribution in [-0.2, 0) is 9.59 Å². The molecule has 28 heavy (non-hydrogen) atoms. The molecule has 1 aliphatic rings. The van der Waals surface area contributed by atoms with Gasteiger partial charge in [-0.3, -0.25) is 19.2 Å². The van der Waals surface area contributed by atoms with E-state index in [1.165, 1.54) is 12.1 Å². The van der Waals surface area contributed by atoms with Gasteiger partial charge in [-0.25, -0.2) is 4.79 Å². The number of carboxylic acids is 2. The summed E-state index contributed by atoms with van der Waals surface area (Å²) >= 11 is 3.14. The molecule has 2 aromatic rings. The van der Waals surface area contributed by atoms with Crippen molar-refractivity contribution in [2.75, 3.05) is 5.32 Å². The minimum Gasteiger partial charge on any atom is -0.481 e. The number of nitrogens with one attached hydrogen (secondary N) is 1. The zero-order valence-corrected chi connectivity index (χ0v) is 15.7. The van der Waals surface area contributed by atoms with Gasteiger partial charge in [-0.05, 0) is 22.0 Å². The number of ketones is 2. The number of anilines is 1. The van der Waals surface area contributed by atoms with Crippen molar-refractivity contribution in [2.24, 2.45) is 0 Å². The van der Waals surface area contributed by atoms with Gasteiger partial charge in [-0.1, -0.05) is 24.3 Å². The Morgan fingerprint density at radius 1 is 0.929 bits per heavy atom.